The number of anilines is 2. The van der Waals surface area contributed by atoms with Crippen molar-refractivity contribution in [3.05, 3.63) is 40.8 Å². The molecular formula is C30H40F4N6O2. The highest BCUT2D eigenvalue weighted by Crippen LogP contribution is 2.41. The highest BCUT2D eigenvalue weighted by molar-refractivity contribution is 5.78. The first-order valence-electron chi connectivity index (χ1n) is 14.7. The van der Waals surface area contributed by atoms with Gasteiger partial charge in [-0.2, -0.15) is 23.1 Å². The summed E-state index contributed by atoms with van der Waals surface area (Å²) in [4.78, 5) is 29.8. The van der Waals surface area contributed by atoms with Gasteiger partial charge in [0.05, 0.1) is 17.9 Å². The number of piperazine rings is 1. The molecular weight excluding hydrogens is 552 g/mol. The van der Waals surface area contributed by atoms with E-state index < -0.39 is 17.6 Å². The van der Waals surface area contributed by atoms with Gasteiger partial charge in [-0.05, 0) is 58.3 Å². The number of amides is 1. The molecule has 0 radical (unpaired) electrons. The number of fused-ring (bicyclic) bond motifs is 1. The smallest absolute Gasteiger partial charge is 0.421 e. The van der Waals surface area contributed by atoms with Crippen LogP contribution in [0.2, 0.25) is 0 Å². The maximum absolute atomic E-state index is 14.4. The highest BCUT2D eigenvalue weighted by Gasteiger charge is 2.40. The van der Waals surface area contributed by atoms with E-state index in [1.54, 1.807) is 0 Å². The van der Waals surface area contributed by atoms with Crippen LogP contribution in [-0.4, -0.2) is 84.6 Å². The Bertz CT molecular complexity index is 1290. The second-order valence-corrected chi connectivity index (χ2v) is 12.2. The number of hydrogen-bond donors (Lipinski definition) is 0. The lowest BCUT2D eigenvalue weighted by Gasteiger charge is -2.42. The number of hydrogen-bond acceptors (Lipinski definition) is 7. The monoisotopic (exact) mass is 592 g/mol. The summed E-state index contributed by atoms with van der Waals surface area (Å²) < 4.78 is 62.3. The Balaban J connectivity index is 1.43. The third-order valence-electron chi connectivity index (χ3n) is 8.86. The molecule has 1 aromatic heterocycles. The summed E-state index contributed by atoms with van der Waals surface area (Å²) in [7, 11) is 4.13. The Labute approximate surface area is 244 Å². The lowest BCUT2D eigenvalue weighted by molar-refractivity contribution is -0.139. The minimum Gasteiger partial charge on any atom is -0.460 e. The van der Waals surface area contributed by atoms with Gasteiger partial charge in [0.15, 0.2) is 0 Å². The lowest BCUT2D eigenvalue weighted by atomic mass is 9.76. The van der Waals surface area contributed by atoms with Crippen LogP contribution in [0.15, 0.2) is 18.2 Å². The number of halogens is 4. The lowest BCUT2D eigenvalue weighted by Crippen LogP contribution is -2.50. The van der Waals surface area contributed by atoms with Gasteiger partial charge in [0.1, 0.15) is 23.3 Å². The van der Waals surface area contributed by atoms with E-state index in [1.807, 2.05) is 25.7 Å². The van der Waals surface area contributed by atoms with Crippen LogP contribution < -0.4 is 14.5 Å². The number of ether oxygens (including phenoxy) is 1. The number of carbonyl (C=O) groups is 1. The molecule has 230 valence electrons. The van der Waals surface area contributed by atoms with E-state index in [0.29, 0.717) is 56.1 Å². The molecule has 1 aliphatic carbocycles. The molecule has 5 rings (SSSR count). The first-order valence-corrected chi connectivity index (χ1v) is 14.7. The molecule has 8 nitrogen and oxygen atoms in total. The topological polar surface area (TPSA) is 65.0 Å². The number of benzene rings is 1. The summed E-state index contributed by atoms with van der Waals surface area (Å²) in [5.41, 5.74) is -0.0316. The highest BCUT2D eigenvalue weighted by atomic mass is 19.4. The van der Waals surface area contributed by atoms with Crippen molar-refractivity contribution in [2.75, 3.05) is 56.6 Å². The van der Waals surface area contributed by atoms with Gasteiger partial charge in [-0.1, -0.05) is 19.9 Å². The minimum atomic E-state index is -4.83. The van der Waals surface area contributed by atoms with Crippen LogP contribution in [0, 0.1) is 17.7 Å². The van der Waals surface area contributed by atoms with Crippen LogP contribution >= 0.6 is 0 Å². The minimum absolute atomic E-state index is 0.0695. The fraction of sp³-hybridized carbons (Fsp3) is 0.633. The molecule has 1 saturated carbocycles. The third kappa shape index (κ3) is 6.14. The Morgan fingerprint density at radius 2 is 1.71 bits per heavy atom. The van der Waals surface area contributed by atoms with Gasteiger partial charge >= 0.3 is 12.2 Å². The first-order chi connectivity index (χ1) is 19.8. The van der Waals surface area contributed by atoms with Crippen molar-refractivity contribution < 1.29 is 27.1 Å². The number of rotatable bonds is 7. The van der Waals surface area contributed by atoms with E-state index >= 15 is 0 Å². The van der Waals surface area contributed by atoms with Gasteiger partial charge in [-0.25, -0.2) is 4.39 Å². The quantitative estimate of drug-likeness (QED) is 0.436. The molecule has 12 heteroatoms. The van der Waals surface area contributed by atoms with E-state index in [-0.39, 0.29) is 42.7 Å². The van der Waals surface area contributed by atoms with Crippen LogP contribution in [0.5, 0.6) is 6.01 Å². The largest absolute Gasteiger partial charge is 0.460 e. The van der Waals surface area contributed by atoms with Crippen molar-refractivity contribution in [3.8, 4) is 6.01 Å². The fourth-order valence-corrected chi connectivity index (χ4v) is 6.17. The zero-order valence-electron chi connectivity index (χ0n) is 24.9. The molecule has 2 aromatic rings. The van der Waals surface area contributed by atoms with Crippen LogP contribution in [-0.2, 0) is 23.9 Å². The van der Waals surface area contributed by atoms with Crippen LogP contribution in [0.4, 0.5) is 29.1 Å². The molecule has 3 aliphatic rings. The number of carbonyl (C=O) groups excluding carboxylic acids is 1. The molecule has 42 heavy (non-hydrogen) atoms. The molecule has 0 N–H and O–H groups in total. The van der Waals surface area contributed by atoms with E-state index in [9.17, 15) is 22.4 Å². The summed E-state index contributed by atoms with van der Waals surface area (Å²) >= 11 is 0. The van der Waals surface area contributed by atoms with E-state index in [1.165, 1.54) is 17.0 Å². The molecule has 0 spiro atoms. The Hall–Kier alpha value is -3.15. The van der Waals surface area contributed by atoms with E-state index in [4.69, 9.17) is 14.7 Å². The Morgan fingerprint density at radius 1 is 1.02 bits per heavy atom. The molecule has 3 heterocycles. The molecule has 1 atom stereocenters. The Morgan fingerprint density at radius 3 is 2.33 bits per heavy atom. The summed E-state index contributed by atoms with van der Waals surface area (Å²) in [6.45, 7) is 8.37. The maximum Gasteiger partial charge on any atom is 0.421 e. The van der Waals surface area contributed by atoms with E-state index in [2.05, 4.69) is 23.9 Å². The molecule has 2 aliphatic heterocycles. The average Bonchev–Trinajstić information content (AvgIpc) is 2.90. The van der Waals surface area contributed by atoms with Crippen molar-refractivity contribution in [2.45, 2.75) is 64.9 Å². The van der Waals surface area contributed by atoms with Crippen LogP contribution in [0.25, 0.3) is 0 Å². The normalized spacial score (nSPS) is 21.8. The predicted molar refractivity (Wildman–Crippen MR) is 152 cm³/mol. The Kier molecular flexibility index (Phi) is 8.55. The van der Waals surface area contributed by atoms with Crippen molar-refractivity contribution in [3.63, 3.8) is 0 Å². The molecule has 2 fully saturated rings. The second-order valence-electron chi connectivity index (χ2n) is 12.2. The zero-order chi connectivity index (χ0) is 30.3. The number of alkyl halides is 3. The second kappa shape index (κ2) is 11.9. The fourth-order valence-electron chi connectivity index (χ4n) is 6.17. The van der Waals surface area contributed by atoms with Gasteiger partial charge < -0.3 is 24.3 Å². The zero-order valence-corrected chi connectivity index (χ0v) is 24.9. The standard InChI is InChI=1S/C30H40F4N6O2/c1-18(2)28(41)39-13-11-38(12-14-39)27-22-9-10-40(25-8-6-7-23(31)26(25)30(32,33)34)17-24(22)35-29(36-27)42-19(3)20-15-21(16-20)37(4)5/h6-8,18-21H,9-17H2,1-5H3/t19-,20?,21?/m1/s1. The SMILES string of the molecule is CC(C)C(=O)N1CCN(c2nc(O[C@H](C)C3CC(N(C)C)C3)nc3c2CCN(c2cccc(F)c2C(F)(F)F)C3)CC1. The third-order valence-corrected chi connectivity index (χ3v) is 8.86. The average molecular weight is 593 g/mol. The summed E-state index contributed by atoms with van der Waals surface area (Å²) in [5.74, 6) is -0.214. The van der Waals surface area contributed by atoms with Gasteiger partial charge in [0.2, 0.25) is 5.91 Å². The van der Waals surface area contributed by atoms with Gasteiger partial charge in [0, 0.05) is 50.2 Å². The summed E-state index contributed by atoms with van der Waals surface area (Å²) in [6.07, 6.45) is -2.56. The van der Waals surface area contributed by atoms with Crippen molar-refractivity contribution in [1.29, 1.82) is 0 Å². The maximum atomic E-state index is 14.4. The molecule has 1 aromatic carbocycles. The summed E-state index contributed by atoms with van der Waals surface area (Å²) in [5, 5.41) is 0. The van der Waals surface area contributed by atoms with Gasteiger partial charge in [-0.15, -0.1) is 0 Å². The van der Waals surface area contributed by atoms with Crippen molar-refractivity contribution in [1.82, 2.24) is 19.8 Å². The molecule has 0 bridgehead atoms. The van der Waals surface area contributed by atoms with E-state index in [0.717, 1.165) is 24.5 Å². The predicted octanol–water partition coefficient (Wildman–Crippen LogP) is 4.61. The van der Waals surface area contributed by atoms with Gasteiger partial charge in [-0.3, -0.25) is 4.79 Å². The summed E-state index contributed by atoms with van der Waals surface area (Å²) in [6, 6.07) is 4.15. The van der Waals surface area contributed by atoms with Crippen LogP contribution in [0.3, 0.4) is 0 Å². The van der Waals surface area contributed by atoms with Crippen molar-refractivity contribution in [2.24, 2.45) is 11.8 Å². The molecule has 1 amide bonds. The van der Waals surface area contributed by atoms with Gasteiger partial charge in [0.25, 0.3) is 0 Å². The number of nitrogens with zero attached hydrogens (tertiary/aromatic N) is 6. The van der Waals surface area contributed by atoms with Crippen LogP contribution in [0.1, 0.15) is 50.4 Å². The molecule has 0 unspecified atom stereocenters. The van der Waals surface area contributed by atoms with Crippen molar-refractivity contribution >= 4 is 17.4 Å². The number of aromatic nitrogens is 2. The first kappa shape index (κ1) is 30.3. The molecule has 1 saturated heterocycles.